The normalized spacial score (nSPS) is 25.9. The molecule has 1 aromatic carbocycles. The molecule has 1 aliphatic heterocycles. The molecule has 1 saturated heterocycles. The number of aryl methyl sites for hydroxylation is 2. The average molecular weight is 219 g/mol. The first-order valence-electron chi connectivity index (χ1n) is 6.04. The number of nitrogens with zero attached hydrogens (tertiary/aromatic N) is 1. The molecule has 2 atom stereocenters. The molecule has 1 aromatic rings. The van der Waals surface area contributed by atoms with Gasteiger partial charge in [0.1, 0.15) is 0 Å². The van der Waals surface area contributed by atoms with E-state index in [0.717, 1.165) is 13.1 Å². The number of hydrogen-bond donors (Lipinski definition) is 0. The maximum atomic E-state index is 5.76. The van der Waals surface area contributed by atoms with Gasteiger partial charge in [0.2, 0.25) is 0 Å². The van der Waals surface area contributed by atoms with Gasteiger partial charge in [-0.05, 0) is 39.3 Å². The van der Waals surface area contributed by atoms with E-state index in [0.29, 0.717) is 12.2 Å². The van der Waals surface area contributed by atoms with Crippen LogP contribution in [0.2, 0.25) is 0 Å². The predicted molar refractivity (Wildman–Crippen MR) is 68.1 cm³/mol. The molecule has 0 amide bonds. The Labute approximate surface area is 98.2 Å². The van der Waals surface area contributed by atoms with E-state index >= 15 is 0 Å². The molecule has 88 valence electrons. The van der Waals surface area contributed by atoms with E-state index in [4.69, 9.17) is 4.74 Å². The summed E-state index contributed by atoms with van der Waals surface area (Å²) < 4.78 is 5.76. The quantitative estimate of drug-likeness (QED) is 0.720. The van der Waals surface area contributed by atoms with Crippen molar-refractivity contribution in [3.63, 3.8) is 0 Å². The van der Waals surface area contributed by atoms with Gasteiger partial charge in [0.25, 0.3) is 0 Å². The molecule has 0 aliphatic carbocycles. The Hall–Kier alpha value is -1.02. The molecule has 2 rings (SSSR count). The Bertz CT molecular complexity index is 365. The van der Waals surface area contributed by atoms with Crippen LogP contribution in [0.5, 0.6) is 0 Å². The van der Waals surface area contributed by atoms with Crippen LogP contribution in [-0.2, 0) is 4.74 Å². The van der Waals surface area contributed by atoms with Crippen LogP contribution in [0.15, 0.2) is 18.2 Å². The molecule has 1 fully saturated rings. The minimum atomic E-state index is 0.324. The van der Waals surface area contributed by atoms with E-state index in [1.807, 2.05) is 0 Å². The molecule has 0 saturated carbocycles. The van der Waals surface area contributed by atoms with Gasteiger partial charge in [-0.2, -0.15) is 0 Å². The Morgan fingerprint density at radius 2 is 1.75 bits per heavy atom. The lowest BCUT2D eigenvalue weighted by molar-refractivity contribution is -0.00524. The van der Waals surface area contributed by atoms with Gasteiger partial charge in [0, 0.05) is 18.8 Å². The number of anilines is 1. The van der Waals surface area contributed by atoms with E-state index in [2.05, 4.69) is 50.8 Å². The first-order valence-corrected chi connectivity index (χ1v) is 6.04. The van der Waals surface area contributed by atoms with Crippen LogP contribution in [-0.4, -0.2) is 25.3 Å². The van der Waals surface area contributed by atoms with Gasteiger partial charge in [-0.3, -0.25) is 0 Å². The van der Waals surface area contributed by atoms with Crippen molar-refractivity contribution in [2.75, 3.05) is 18.0 Å². The van der Waals surface area contributed by atoms with Gasteiger partial charge >= 0.3 is 0 Å². The summed E-state index contributed by atoms with van der Waals surface area (Å²) in [4.78, 5) is 2.44. The smallest absolute Gasteiger partial charge is 0.0726 e. The minimum Gasteiger partial charge on any atom is -0.372 e. The van der Waals surface area contributed by atoms with Crippen LogP contribution >= 0.6 is 0 Å². The molecule has 0 spiro atoms. The zero-order valence-corrected chi connectivity index (χ0v) is 10.7. The summed E-state index contributed by atoms with van der Waals surface area (Å²) in [5.74, 6) is 0. The Morgan fingerprint density at radius 1 is 1.12 bits per heavy atom. The summed E-state index contributed by atoms with van der Waals surface area (Å²) in [6.45, 7) is 10.6. The van der Waals surface area contributed by atoms with Crippen molar-refractivity contribution < 1.29 is 4.74 Å². The second-order valence-electron chi connectivity index (χ2n) is 4.95. The van der Waals surface area contributed by atoms with Gasteiger partial charge in [0.05, 0.1) is 12.2 Å². The van der Waals surface area contributed by atoms with Crippen LogP contribution in [0.4, 0.5) is 5.69 Å². The number of ether oxygens (including phenoxy) is 1. The van der Waals surface area contributed by atoms with Crippen molar-refractivity contribution in [3.8, 4) is 0 Å². The molecule has 0 aromatic heterocycles. The molecule has 0 radical (unpaired) electrons. The van der Waals surface area contributed by atoms with Gasteiger partial charge in [-0.15, -0.1) is 0 Å². The van der Waals surface area contributed by atoms with Gasteiger partial charge in [0.15, 0.2) is 0 Å². The van der Waals surface area contributed by atoms with Crippen LogP contribution in [0, 0.1) is 13.8 Å². The molecule has 16 heavy (non-hydrogen) atoms. The molecular formula is C14H21NO. The third-order valence-corrected chi connectivity index (χ3v) is 3.11. The molecule has 0 bridgehead atoms. The van der Waals surface area contributed by atoms with Crippen LogP contribution < -0.4 is 4.90 Å². The highest BCUT2D eigenvalue weighted by molar-refractivity contribution is 5.54. The molecule has 1 aliphatic rings. The summed E-state index contributed by atoms with van der Waals surface area (Å²) >= 11 is 0. The Kier molecular flexibility index (Phi) is 3.20. The maximum Gasteiger partial charge on any atom is 0.0726 e. The van der Waals surface area contributed by atoms with E-state index in [1.165, 1.54) is 16.8 Å². The Balaban J connectivity index is 2.23. The van der Waals surface area contributed by atoms with Gasteiger partial charge in [-0.1, -0.05) is 17.7 Å². The topological polar surface area (TPSA) is 12.5 Å². The number of rotatable bonds is 1. The zero-order chi connectivity index (χ0) is 11.7. The third-order valence-electron chi connectivity index (χ3n) is 3.11. The van der Waals surface area contributed by atoms with Crippen molar-refractivity contribution in [2.24, 2.45) is 0 Å². The lowest BCUT2D eigenvalue weighted by Gasteiger charge is -2.37. The minimum absolute atomic E-state index is 0.324. The van der Waals surface area contributed by atoms with E-state index < -0.39 is 0 Å². The SMILES string of the molecule is Cc1ccc(N2C[C@@H](C)O[C@H](C)C2)c(C)c1. The molecule has 0 N–H and O–H groups in total. The standard InChI is InChI=1S/C14H21NO/c1-10-5-6-14(11(2)7-10)15-8-12(3)16-13(4)9-15/h5-7,12-13H,8-9H2,1-4H3/t12-,13-/m1/s1. The fourth-order valence-electron chi connectivity index (χ4n) is 2.53. The van der Waals surface area contributed by atoms with Crippen molar-refractivity contribution in [3.05, 3.63) is 29.3 Å². The van der Waals surface area contributed by atoms with Crippen molar-refractivity contribution in [2.45, 2.75) is 39.9 Å². The fraction of sp³-hybridized carbons (Fsp3) is 0.571. The highest BCUT2D eigenvalue weighted by Crippen LogP contribution is 2.24. The van der Waals surface area contributed by atoms with Gasteiger partial charge < -0.3 is 9.64 Å². The highest BCUT2D eigenvalue weighted by Gasteiger charge is 2.23. The third kappa shape index (κ3) is 2.38. The lowest BCUT2D eigenvalue weighted by atomic mass is 10.1. The van der Waals surface area contributed by atoms with Gasteiger partial charge in [-0.25, -0.2) is 0 Å². The number of hydrogen-bond acceptors (Lipinski definition) is 2. The predicted octanol–water partition coefficient (Wildman–Crippen LogP) is 2.92. The summed E-state index contributed by atoms with van der Waals surface area (Å²) in [5, 5.41) is 0. The second-order valence-corrected chi connectivity index (χ2v) is 4.95. The number of benzene rings is 1. The summed E-state index contributed by atoms with van der Waals surface area (Å²) in [7, 11) is 0. The lowest BCUT2D eigenvalue weighted by Crippen LogP contribution is -2.45. The van der Waals surface area contributed by atoms with Crippen LogP contribution in [0.25, 0.3) is 0 Å². The molecule has 0 unspecified atom stereocenters. The van der Waals surface area contributed by atoms with E-state index in [1.54, 1.807) is 0 Å². The first-order chi connectivity index (χ1) is 7.56. The molecular weight excluding hydrogens is 198 g/mol. The summed E-state index contributed by atoms with van der Waals surface area (Å²) in [6.07, 6.45) is 0.647. The van der Waals surface area contributed by atoms with Crippen LogP contribution in [0.1, 0.15) is 25.0 Å². The van der Waals surface area contributed by atoms with Crippen molar-refractivity contribution in [1.82, 2.24) is 0 Å². The molecule has 1 heterocycles. The van der Waals surface area contributed by atoms with Crippen LogP contribution in [0.3, 0.4) is 0 Å². The average Bonchev–Trinajstić information content (AvgIpc) is 2.15. The Morgan fingerprint density at radius 3 is 2.31 bits per heavy atom. The highest BCUT2D eigenvalue weighted by atomic mass is 16.5. The zero-order valence-electron chi connectivity index (χ0n) is 10.7. The fourth-order valence-corrected chi connectivity index (χ4v) is 2.53. The monoisotopic (exact) mass is 219 g/mol. The maximum absolute atomic E-state index is 5.76. The first kappa shape index (κ1) is 11.5. The molecule has 2 heteroatoms. The van der Waals surface area contributed by atoms with E-state index in [9.17, 15) is 0 Å². The largest absolute Gasteiger partial charge is 0.372 e. The molecule has 2 nitrogen and oxygen atoms in total. The van der Waals surface area contributed by atoms with E-state index in [-0.39, 0.29) is 0 Å². The number of morpholine rings is 1. The van der Waals surface area contributed by atoms with Crippen molar-refractivity contribution in [1.29, 1.82) is 0 Å². The van der Waals surface area contributed by atoms with Crippen molar-refractivity contribution >= 4 is 5.69 Å². The summed E-state index contributed by atoms with van der Waals surface area (Å²) in [6, 6.07) is 6.67. The summed E-state index contributed by atoms with van der Waals surface area (Å²) in [5.41, 5.74) is 4.05. The second kappa shape index (κ2) is 4.46.